The summed E-state index contributed by atoms with van der Waals surface area (Å²) >= 11 is 0. The third-order valence-electron chi connectivity index (χ3n) is 6.45. The Hall–Kier alpha value is -2.92. The molecular formula is C22H33N7O4. The number of carbonyl (C=O) groups is 3. The second-order valence-electron chi connectivity index (χ2n) is 8.99. The Morgan fingerprint density at radius 3 is 2.55 bits per heavy atom. The molecule has 11 heteroatoms. The number of carboxylic acid groups (broad SMARTS) is 1. The van der Waals surface area contributed by atoms with Crippen LogP contribution in [0.1, 0.15) is 56.8 Å². The van der Waals surface area contributed by atoms with Crippen molar-refractivity contribution in [3.63, 3.8) is 0 Å². The molecule has 3 rings (SSSR count). The highest BCUT2D eigenvalue weighted by atomic mass is 16.4. The zero-order valence-electron chi connectivity index (χ0n) is 18.9. The Kier molecular flexibility index (Phi) is 8.45. The second-order valence-corrected chi connectivity index (χ2v) is 8.99. The maximum atomic E-state index is 12.9. The van der Waals surface area contributed by atoms with E-state index in [0.29, 0.717) is 36.2 Å². The van der Waals surface area contributed by atoms with E-state index in [1.54, 1.807) is 19.1 Å². The molecule has 1 saturated heterocycles. The number of imide groups is 1. The Balaban J connectivity index is 1.71. The van der Waals surface area contributed by atoms with Crippen LogP contribution in [0.15, 0.2) is 17.1 Å². The molecule has 2 fully saturated rings. The number of likely N-dealkylation sites (tertiary alicyclic amines) is 1. The molecule has 2 amide bonds. The molecule has 2 heterocycles. The number of aliphatic imine (C=N–C) groups is 1. The predicted octanol–water partition coefficient (Wildman–Crippen LogP) is 0.0273. The number of hydrogen-bond acceptors (Lipinski definition) is 8. The lowest BCUT2D eigenvalue weighted by molar-refractivity contribution is -0.136. The molecule has 1 aliphatic carbocycles. The molecule has 6 N–H and O–H groups in total. The van der Waals surface area contributed by atoms with Crippen LogP contribution >= 0.6 is 0 Å². The van der Waals surface area contributed by atoms with Crippen molar-refractivity contribution in [1.82, 2.24) is 20.4 Å². The zero-order valence-corrected chi connectivity index (χ0v) is 18.9. The SMILES string of the molecule is C[C@H](N)C(=O)NC(=O)[C@@H]1CC(C2CCCCC2)CN1Cc1ccc(C(N)=NCC(=O)O)nn1. The van der Waals surface area contributed by atoms with Crippen molar-refractivity contribution in [2.75, 3.05) is 13.1 Å². The number of hydrogen-bond donors (Lipinski definition) is 4. The molecule has 0 radical (unpaired) electrons. The normalized spacial score (nSPS) is 23.3. The van der Waals surface area contributed by atoms with Gasteiger partial charge in [0.15, 0.2) is 0 Å². The zero-order chi connectivity index (χ0) is 24.0. The van der Waals surface area contributed by atoms with Gasteiger partial charge < -0.3 is 16.6 Å². The van der Waals surface area contributed by atoms with E-state index < -0.39 is 30.5 Å². The smallest absolute Gasteiger partial charge is 0.325 e. The van der Waals surface area contributed by atoms with Gasteiger partial charge in [-0.05, 0) is 37.3 Å². The van der Waals surface area contributed by atoms with E-state index in [1.165, 1.54) is 32.1 Å². The Morgan fingerprint density at radius 1 is 1.21 bits per heavy atom. The first-order valence-electron chi connectivity index (χ1n) is 11.4. The van der Waals surface area contributed by atoms with Crippen LogP contribution in [0, 0.1) is 11.8 Å². The summed E-state index contributed by atoms with van der Waals surface area (Å²) in [5.74, 6) is -0.927. The van der Waals surface area contributed by atoms with Gasteiger partial charge in [0.1, 0.15) is 18.1 Å². The number of carbonyl (C=O) groups excluding carboxylic acids is 2. The van der Waals surface area contributed by atoms with Crippen LogP contribution in [-0.2, 0) is 20.9 Å². The lowest BCUT2D eigenvalue weighted by Crippen LogP contribution is -2.49. The number of nitrogens with zero attached hydrogens (tertiary/aromatic N) is 4. The monoisotopic (exact) mass is 459 g/mol. The summed E-state index contributed by atoms with van der Waals surface area (Å²) < 4.78 is 0. The van der Waals surface area contributed by atoms with Crippen molar-refractivity contribution >= 4 is 23.6 Å². The molecule has 0 aromatic carbocycles. The molecule has 1 aromatic rings. The number of aromatic nitrogens is 2. The van der Waals surface area contributed by atoms with Crippen LogP contribution in [-0.4, -0.2) is 69.0 Å². The van der Waals surface area contributed by atoms with Crippen molar-refractivity contribution in [2.45, 2.75) is 64.1 Å². The van der Waals surface area contributed by atoms with Crippen molar-refractivity contribution in [2.24, 2.45) is 28.3 Å². The lowest BCUT2D eigenvalue weighted by atomic mass is 9.79. The van der Waals surface area contributed by atoms with Gasteiger partial charge >= 0.3 is 5.97 Å². The fourth-order valence-electron chi connectivity index (χ4n) is 4.67. The van der Waals surface area contributed by atoms with Crippen LogP contribution in [0.25, 0.3) is 0 Å². The lowest BCUT2D eigenvalue weighted by Gasteiger charge is -2.27. The van der Waals surface area contributed by atoms with Gasteiger partial charge in [0.2, 0.25) is 11.8 Å². The summed E-state index contributed by atoms with van der Waals surface area (Å²) in [7, 11) is 0. The molecule has 33 heavy (non-hydrogen) atoms. The Labute approximate surface area is 193 Å². The van der Waals surface area contributed by atoms with Crippen LogP contribution in [0.2, 0.25) is 0 Å². The van der Waals surface area contributed by atoms with E-state index in [9.17, 15) is 14.4 Å². The first kappa shape index (κ1) is 24.7. The van der Waals surface area contributed by atoms with E-state index in [4.69, 9.17) is 16.6 Å². The Bertz CT molecular complexity index is 881. The fourth-order valence-corrected chi connectivity index (χ4v) is 4.67. The largest absolute Gasteiger partial charge is 0.480 e. The van der Waals surface area contributed by atoms with E-state index in [0.717, 1.165) is 6.54 Å². The van der Waals surface area contributed by atoms with Gasteiger partial charge in [0, 0.05) is 13.1 Å². The first-order valence-corrected chi connectivity index (χ1v) is 11.4. The Morgan fingerprint density at radius 2 is 1.94 bits per heavy atom. The molecule has 3 atom stereocenters. The molecule has 11 nitrogen and oxygen atoms in total. The molecule has 1 aliphatic heterocycles. The molecule has 0 bridgehead atoms. The van der Waals surface area contributed by atoms with Crippen LogP contribution in [0.3, 0.4) is 0 Å². The quantitative estimate of drug-likeness (QED) is 0.308. The molecule has 1 aromatic heterocycles. The summed E-state index contributed by atoms with van der Waals surface area (Å²) in [6, 6.07) is 2.17. The first-order chi connectivity index (χ1) is 15.7. The summed E-state index contributed by atoms with van der Waals surface area (Å²) in [4.78, 5) is 41.4. The minimum Gasteiger partial charge on any atom is -0.480 e. The standard InChI is InChI=1S/C22H33N7O4/c1-13(23)21(32)26-22(33)18-9-15(14-5-3-2-4-6-14)11-29(18)12-16-7-8-17(28-27-16)20(24)25-10-19(30)31/h7-8,13-15,18H,2-6,9-12,23H2,1H3,(H2,24,25)(H,30,31)(H,26,32,33)/t13-,15?,18-/m0/s1. The van der Waals surface area contributed by atoms with Gasteiger partial charge in [0.05, 0.1) is 17.8 Å². The molecule has 2 aliphatic rings. The van der Waals surface area contributed by atoms with Crippen LogP contribution in [0.5, 0.6) is 0 Å². The number of aliphatic carboxylic acids is 1. The van der Waals surface area contributed by atoms with Gasteiger partial charge in [-0.15, -0.1) is 5.10 Å². The highest BCUT2D eigenvalue weighted by molar-refractivity contribution is 5.99. The van der Waals surface area contributed by atoms with E-state index in [-0.39, 0.29) is 11.7 Å². The number of amidine groups is 1. The predicted molar refractivity (Wildman–Crippen MR) is 121 cm³/mol. The molecule has 1 unspecified atom stereocenters. The second kappa shape index (κ2) is 11.3. The number of rotatable bonds is 8. The van der Waals surface area contributed by atoms with Crippen molar-refractivity contribution in [1.29, 1.82) is 0 Å². The number of nitrogens with two attached hydrogens (primary N) is 2. The maximum Gasteiger partial charge on any atom is 0.325 e. The van der Waals surface area contributed by atoms with E-state index in [2.05, 4.69) is 25.4 Å². The summed E-state index contributed by atoms with van der Waals surface area (Å²) in [5, 5.41) is 19.4. The molecule has 180 valence electrons. The fraction of sp³-hybridized carbons (Fsp3) is 0.636. The van der Waals surface area contributed by atoms with E-state index in [1.807, 2.05) is 0 Å². The average Bonchev–Trinajstić information content (AvgIpc) is 3.22. The minimum absolute atomic E-state index is 0.00153. The molecular weight excluding hydrogens is 426 g/mol. The van der Waals surface area contributed by atoms with Crippen molar-refractivity contribution in [3.8, 4) is 0 Å². The molecule has 1 saturated carbocycles. The van der Waals surface area contributed by atoms with Gasteiger partial charge in [-0.3, -0.25) is 29.6 Å². The van der Waals surface area contributed by atoms with E-state index >= 15 is 0 Å². The highest BCUT2D eigenvalue weighted by Gasteiger charge is 2.40. The van der Waals surface area contributed by atoms with Gasteiger partial charge in [-0.25, -0.2) is 0 Å². The maximum absolute atomic E-state index is 12.9. The summed E-state index contributed by atoms with van der Waals surface area (Å²) in [6.45, 7) is 2.25. The van der Waals surface area contributed by atoms with Crippen molar-refractivity contribution < 1.29 is 19.5 Å². The van der Waals surface area contributed by atoms with Gasteiger partial charge in [-0.2, -0.15) is 5.10 Å². The van der Waals surface area contributed by atoms with Crippen molar-refractivity contribution in [3.05, 3.63) is 23.5 Å². The number of nitrogens with one attached hydrogen (secondary N) is 1. The summed E-state index contributed by atoms with van der Waals surface area (Å²) in [5.41, 5.74) is 12.3. The number of amides is 2. The molecule has 0 spiro atoms. The summed E-state index contributed by atoms with van der Waals surface area (Å²) in [6.07, 6.45) is 6.76. The van der Waals surface area contributed by atoms with Crippen LogP contribution in [0.4, 0.5) is 0 Å². The average molecular weight is 460 g/mol. The van der Waals surface area contributed by atoms with Crippen LogP contribution < -0.4 is 16.8 Å². The van der Waals surface area contributed by atoms with Gasteiger partial charge in [-0.1, -0.05) is 32.1 Å². The minimum atomic E-state index is -1.09. The third-order valence-corrected chi connectivity index (χ3v) is 6.45. The number of carboxylic acids is 1. The van der Waals surface area contributed by atoms with Gasteiger partial charge in [0.25, 0.3) is 0 Å². The third kappa shape index (κ3) is 6.78. The highest BCUT2D eigenvalue weighted by Crippen LogP contribution is 2.38. The topological polar surface area (TPSA) is 177 Å².